The fourth-order valence-corrected chi connectivity index (χ4v) is 3.59. The largest absolute Gasteiger partial charge is 0.486 e. The van der Waals surface area contributed by atoms with Crippen molar-refractivity contribution in [2.24, 2.45) is 0 Å². The van der Waals surface area contributed by atoms with Gasteiger partial charge in [0.15, 0.2) is 11.5 Å². The second-order valence-corrected chi connectivity index (χ2v) is 7.49. The zero-order valence-corrected chi connectivity index (χ0v) is 16.8. The molecule has 0 unspecified atom stereocenters. The minimum atomic E-state index is -0.504. The number of halogens is 2. The molecule has 8 heteroatoms. The van der Waals surface area contributed by atoms with E-state index in [1.165, 1.54) is 6.07 Å². The molecule has 1 aromatic heterocycles. The first-order chi connectivity index (χ1) is 13.5. The fraction of sp³-hybridized carbons (Fsp3) is 0.200. The Morgan fingerprint density at radius 3 is 2.82 bits per heavy atom. The van der Waals surface area contributed by atoms with Crippen molar-refractivity contribution in [2.45, 2.75) is 13.0 Å². The van der Waals surface area contributed by atoms with E-state index in [4.69, 9.17) is 30.2 Å². The van der Waals surface area contributed by atoms with Gasteiger partial charge in [-0.3, -0.25) is 4.79 Å². The van der Waals surface area contributed by atoms with Crippen LogP contribution in [0.3, 0.4) is 0 Å². The highest BCUT2D eigenvalue weighted by Gasteiger charge is 2.18. The smallest absolute Gasteiger partial charge is 0.336 e. The van der Waals surface area contributed by atoms with Crippen LogP contribution in [-0.4, -0.2) is 19.2 Å². The van der Waals surface area contributed by atoms with Crippen LogP contribution in [0, 0.1) is 0 Å². The minimum Gasteiger partial charge on any atom is -0.486 e. The molecule has 144 valence electrons. The van der Waals surface area contributed by atoms with Crippen molar-refractivity contribution in [3.63, 3.8) is 0 Å². The predicted octanol–water partition coefficient (Wildman–Crippen LogP) is 4.27. The van der Waals surface area contributed by atoms with Crippen LogP contribution in [0.5, 0.6) is 11.5 Å². The van der Waals surface area contributed by atoms with Gasteiger partial charge in [0.1, 0.15) is 25.4 Å². The highest BCUT2D eigenvalue weighted by molar-refractivity contribution is 9.10. The van der Waals surface area contributed by atoms with E-state index in [0.717, 1.165) is 4.47 Å². The van der Waals surface area contributed by atoms with Gasteiger partial charge in [0.05, 0.1) is 11.4 Å². The van der Waals surface area contributed by atoms with Crippen molar-refractivity contribution >= 4 is 44.5 Å². The maximum atomic E-state index is 12.3. The van der Waals surface area contributed by atoms with Gasteiger partial charge >= 0.3 is 11.6 Å². The minimum absolute atomic E-state index is 0.0152. The summed E-state index contributed by atoms with van der Waals surface area (Å²) in [6, 6.07) is 10.0. The van der Waals surface area contributed by atoms with E-state index in [9.17, 15) is 9.59 Å². The molecule has 6 nitrogen and oxygen atoms in total. The number of carbonyl (C=O) groups excluding carboxylic acids is 1. The maximum absolute atomic E-state index is 12.3. The Morgan fingerprint density at radius 1 is 1.14 bits per heavy atom. The number of hydrogen-bond acceptors (Lipinski definition) is 6. The van der Waals surface area contributed by atoms with Gasteiger partial charge in [0.25, 0.3) is 0 Å². The molecule has 2 aromatic carbocycles. The van der Waals surface area contributed by atoms with Crippen LogP contribution in [0.1, 0.15) is 11.1 Å². The van der Waals surface area contributed by atoms with Crippen LogP contribution in [0.2, 0.25) is 5.02 Å². The predicted molar refractivity (Wildman–Crippen MR) is 106 cm³/mol. The van der Waals surface area contributed by atoms with Gasteiger partial charge in [0, 0.05) is 21.5 Å². The van der Waals surface area contributed by atoms with E-state index >= 15 is 0 Å². The average molecular weight is 466 g/mol. The van der Waals surface area contributed by atoms with Gasteiger partial charge in [-0.05, 0) is 35.9 Å². The summed E-state index contributed by atoms with van der Waals surface area (Å²) in [5.41, 5.74) is 1.15. The molecular weight excluding hydrogens is 452 g/mol. The van der Waals surface area contributed by atoms with E-state index in [0.29, 0.717) is 51.8 Å². The number of esters is 1. The molecule has 0 spiro atoms. The van der Waals surface area contributed by atoms with Gasteiger partial charge in [-0.25, -0.2) is 4.79 Å². The summed E-state index contributed by atoms with van der Waals surface area (Å²) < 4.78 is 22.3. The van der Waals surface area contributed by atoms with Gasteiger partial charge in [-0.15, -0.1) is 0 Å². The monoisotopic (exact) mass is 464 g/mol. The molecule has 0 amide bonds. The molecule has 0 atom stereocenters. The van der Waals surface area contributed by atoms with Crippen molar-refractivity contribution in [2.75, 3.05) is 13.2 Å². The Hall–Kier alpha value is -2.51. The van der Waals surface area contributed by atoms with Gasteiger partial charge in [-0.2, -0.15) is 0 Å². The topological polar surface area (TPSA) is 75.0 Å². The number of hydrogen-bond donors (Lipinski definition) is 0. The first-order valence-corrected chi connectivity index (χ1v) is 9.62. The number of rotatable bonds is 4. The molecule has 0 saturated carbocycles. The first kappa shape index (κ1) is 18.8. The summed E-state index contributed by atoms with van der Waals surface area (Å²) in [6.07, 6.45) is 0.0152. The summed E-state index contributed by atoms with van der Waals surface area (Å²) in [5.74, 6) is 0.545. The van der Waals surface area contributed by atoms with Crippen molar-refractivity contribution in [3.05, 3.63) is 67.4 Å². The van der Waals surface area contributed by atoms with E-state index in [2.05, 4.69) is 15.9 Å². The van der Waals surface area contributed by atoms with Crippen LogP contribution in [0.25, 0.3) is 11.0 Å². The number of carbonyl (C=O) groups is 1. The number of fused-ring (bicyclic) bond motifs is 2. The van der Waals surface area contributed by atoms with E-state index in [-0.39, 0.29) is 13.0 Å². The zero-order chi connectivity index (χ0) is 19.7. The molecule has 0 N–H and O–H groups in total. The number of benzene rings is 2. The fourth-order valence-electron chi connectivity index (χ4n) is 2.97. The molecular formula is C20H14BrClO6. The van der Waals surface area contributed by atoms with E-state index < -0.39 is 11.6 Å². The molecule has 3 aromatic rings. The number of ether oxygens (including phenoxy) is 3. The Kier molecular flexibility index (Phi) is 5.28. The molecule has 0 saturated heterocycles. The quantitative estimate of drug-likeness (QED) is 0.423. The average Bonchev–Trinajstić information content (AvgIpc) is 2.65. The molecule has 0 radical (unpaired) electrons. The highest BCUT2D eigenvalue weighted by Crippen LogP contribution is 2.38. The summed E-state index contributed by atoms with van der Waals surface area (Å²) in [7, 11) is 0. The molecule has 0 fully saturated rings. The van der Waals surface area contributed by atoms with Crippen LogP contribution >= 0.6 is 27.5 Å². The van der Waals surface area contributed by atoms with Crippen LogP contribution in [0.15, 0.2) is 50.1 Å². The molecule has 2 heterocycles. The molecule has 28 heavy (non-hydrogen) atoms. The second kappa shape index (κ2) is 7.85. The molecule has 4 rings (SSSR count). The zero-order valence-electron chi connectivity index (χ0n) is 14.5. The third-order valence-electron chi connectivity index (χ3n) is 4.19. The van der Waals surface area contributed by atoms with Gasteiger partial charge < -0.3 is 18.6 Å². The Morgan fingerprint density at radius 2 is 1.96 bits per heavy atom. The van der Waals surface area contributed by atoms with Crippen LogP contribution in [-0.2, 0) is 22.6 Å². The molecule has 0 aliphatic carbocycles. The lowest BCUT2D eigenvalue weighted by Gasteiger charge is -2.20. The Bertz CT molecular complexity index is 1120. The third kappa shape index (κ3) is 4.00. The van der Waals surface area contributed by atoms with Crippen molar-refractivity contribution in [1.29, 1.82) is 0 Å². The maximum Gasteiger partial charge on any atom is 0.336 e. The van der Waals surface area contributed by atoms with Crippen molar-refractivity contribution in [1.82, 2.24) is 0 Å². The first-order valence-electron chi connectivity index (χ1n) is 8.45. The van der Waals surface area contributed by atoms with E-state index in [1.807, 2.05) is 6.07 Å². The summed E-state index contributed by atoms with van der Waals surface area (Å²) in [5, 5.41) is 1.09. The Labute approximate surface area is 173 Å². The van der Waals surface area contributed by atoms with Crippen molar-refractivity contribution < 1.29 is 23.4 Å². The standard InChI is InChI=1S/C20H14BrClO6/c21-13-1-2-14-12(8-19(24)28-16(14)9-13)10-27-18(23)7-11-5-15(22)20-17(6-11)25-3-4-26-20/h1-2,5-6,8-9H,3-4,7,10H2. The summed E-state index contributed by atoms with van der Waals surface area (Å²) in [4.78, 5) is 24.1. The Balaban J connectivity index is 1.49. The van der Waals surface area contributed by atoms with Gasteiger partial charge in [-0.1, -0.05) is 27.5 Å². The van der Waals surface area contributed by atoms with E-state index in [1.54, 1.807) is 24.3 Å². The van der Waals surface area contributed by atoms with Crippen LogP contribution < -0.4 is 15.1 Å². The summed E-state index contributed by atoms with van der Waals surface area (Å²) >= 11 is 9.53. The SMILES string of the molecule is O=C(Cc1cc(Cl)c2c(c1)OCCO2)OCc1cc(=O)oc2cc(Br)ccc12. The van der Waals surface area contributed by atoms with Crippen molar-refractivity contribution in [3.8, 4) is 11.5 Å². The van der Waals surface area contributed by atoms with Gasteiger partial charge in [0.2, 0.25) is 0 Å². The highest BCUT2D eigenvalue weighted by atomic mass is 79.9. The van der Waals surface area contributed by atoms with Crippen LogP contribution in [0.4, 0.5) is 0 Å². The molecule has 1 aliphatic heterocycles. The third-order valence-corrected chi connectivity index (χ3v) is 4.96. The second-order valence-electron chi connectivity index (χ2n) is 6.17. The lowest BCUT2D eigenvalue weighted by molar-refractivity contribution is -0.144. The summed E-state index contributed by atoms with van der Waals surface area (Å²) in [6.45, 7) is 0.821. The lowest BCUT2D eigenvalue weighted by Crippen LogP contribution is -2.16. The normalized spacial score (nSPS) is 12.8. The molecule has 0 bridgehead atoms. The molecule has 1 aliphatic rings. The lowest BCUT2D eigenvalue weighted by atomic mass is 10.1.